The van der Waals surface area contributed by atoms with Crippen LogP contribution in [0.4, 0.5) is 0 Å². The zero-order valence-corrected chi connectivity index (χ0v) is 11.1. The van der Waals surface area contributed by atoms with Crippen molar-refractivity contribution >= 4 is 0 Å². The Bertz CT molecular complexity index is 187. The summed E-state index contributed by atoms with van der Waals surface area (Å²) in [6.45, 7) is 8.13. The van der Waals surface area contributed by atoms with E-state index in [-0.39, 0.29) is 6.61 Å². The van der Waals surface area contributed by atoms with Gasteiger partial charge >= 0.3 is 0 Å². The molecule has 16 heavy (non-hydrogen) atoms. The van der Waals surface area contributed by atoms with Gasteiger partial charge < -0.3 is 15.3 Å². The quantitative estimate of drug-likeness (QED) is 0.625. The molecular formula is C13H28N2O. The normalized spacial score (nSPS) is 26.1. The highest BCUT2D eigenvalue weighted by Gasteiger charge is 2.33. The van der Waals surface area contributed by atoms with Gasteiger partial charge in [-0.15, -0.1) is 0 Å². The van der Waals surface area contributed by atoms with Gasteiger partial charge in [-0.25, -0.2) is 0 Å². The van der Waals surface area contributed by atoms with Crippen molar-refractivity contribution in [2.45, 2.75) is 39.2 Å². The smallest absolute Gasteiger partial charge is 0.0446 e. The number of likely N-dealkylation sites (N-methyl/N-ethyl adjacent to an activating group) is 1. The van der Waals surface area contributed by atoms with E-state index < -0.39 is 0 Å². The van der Waals surface area contributed by atoms with Crippen LogP contribution in [0.15, 0.2) is 0 Å². The minimum atomic E-state index is 0.287. The van der Waals surface area contributed by atoms with E-state index in [9.17, 15) is 0 Å². The predicted octanol–water partition coefficient (Wildman–Crippen LogP) is 1.32. The van der Waals surface area contributed by atoms with Crippen LogP contribution in [0, 0.1) is 11.8 Å². The van der Waals surface area contributed by atoms with Crippen LogP contribution in [-0.2, 0) is 0 Å². The molecule has 0 aliphatic heterocycles. The van der Waals surface area contributed by atoms with E-state index in [1.54, 1.807) is 0 Å². The third-order valence-electron chi connectivity index (χ3n) is 3.51. The third-order valence-corrected chi connectivity index (χ3v) is 3.51. The van der Waals surface area contributed by atoms with Gasteiger partial charge in [0, 0.05) is 25.7 Å². The molecule has 0 radical (unpaired) electrons. The lowest BCUT2D eigenvalue weighted by molar-refractivity contribution is 0.224. The molecule has 1 fully saturated rings. The summed E-state index contributed by atoms with van der Waals surface area (Å²) in [5.74, 6) is 1.85. The van der Waals surface area contributed by atoms with Crippen LogP contribution in [-0.4, -0.2) is 49.3 Å². The summed E-state index contributed by atoms with van der Waals surface area (Å²) >= 11 is 0. The number of aliphatic hydroxyl groups is 1. The maximum atomic E-state index is 9.03. The average molecular weight is 228 g/mol. The number of aliphatic hydroxyl groups excluding tert-OH is 1. The summed E-state index contributed by atoms with van der Waals surface area (Å²) in [6.07, 6.45) is 3.42. The molecule has 3 unspecified atom stereocenters. The number of hydrogen-bond acceptors (Lipinski definition) is 3. The Hall–Kier alpha value is -0.120. The van der Waals surface area contributed by atoms with Gasteiger partial charge in [-0.05, 0) is 44.7 Å². The standard InChI is InChI=1S/C13H28N2O/c1-4-6-14-13(5-7-16)10-15(3)9-12-8-11(12)2/h11-14,16H,4-10H2,1-3H3. The van der Waals surface area contributed by atoms with Crippen LogP contribution >= 0.6 is 0 Å². The highest BCUT2D eigenvalue weighted by Crippen LogP contribution is 2.37. The lowest BCUT2D eigenvalue weighted by atomic mass is 10.2. The van der Waals surface area contributed by atoms with E-state index in [1.807, 2.05) is 0 Å². The van der Waals surface area contributed by atoms with Crippen LogP contribution in [0.2, 0.25) is 0 Å². The molecule has 0 heterocycles. The molecule has 0 bridgehead atoms. The summed E-state index contributed by atoms with van der Waals surface area (Å²) in [7, 11) is 2.20. The van der Waals surface area contributed by atoms with Crippen molar-refractivity contribution in [1.29, 1.82) is 0 Å². The zero-order valence-electron chi connectivity index (χ0n) is 11.1. The molecule has 0 aromatic rings. The summed E-state index contributed by atoms with van der Waals surface area (Å²) in [4.78, 5) is 2.41. The highest BCUT2D eigenvalue weighted by atomic mass is 16.3. The third kappa shape index (κ3) is 5.28. The Morgan fingerprint density at radius 1 is 1.50 bits per heavy atom. The Morgan fingerprint density at radius 2 is 2.19 bits per heavy atom. The largest absolute Gasteiger partial charge is 0.396 e. The van der Waals surface area contributed by atoms with E-state index in [4.69, 9.17) is 5.11 Å². The van der Waals surface area contributed by atoms with Crippen LogP contribution in [0.1, 0.15) is 33.1 Å². The molecule has 2 N–H and O–H groups in total. The Kier molecular flexibility index (Phi) is 6.32. The van der Waals surface area contributed by atoms with E-state index >= 15 is 0 Å². The molecule has 3 nitrogen and oxygen atoms in total. The minimum Gasteiger partial charge on any atom is -0.396 e. The first-order valence-electron chi connectivity index (χ1n) is 6.70. The molecule has 1 aliphatic rings. The molecule has 1 aliphatic carbocycles. The van der Waals surface area contributed by atoms with Crippen molar-refractivity contribution in [2.75, 3.05) is 33.3 Å². The fourth-order valence-corrected chi connectivity index (χ4v) is 2.27. The molecule has 3 atom stereocenters. The number of rotatable bonds is 9. The van der Waals surface area contributed by atoms with Crippen molar-refractivity contribution in [1.82, 2.24) is 10.2 Å². The van der Waals surface area contributed by atoms with Crippen LogP contribution in [0.3, 0.4) is 0 Å². The molecule has 3 heteroatoms. The summed E-state index contributed by atoms with van der Waals surface area (Å²) < 4.78 is 0. The van der Waals surface area contributed by atoms with Gasteiger partial charge in [-0.2, -0.15) is 0 Å². The summed E-state index contributed by atoms with van der Waals surface area (Å²) in [6, 6.07) is 0.448. The van der Waals surface area contributed by atoms with Gasteiger partial charge in [0.15, 0.2) is 0 Å². The predicted molar refractivity (Wildman–Crippen MR) is 68.6 cm³/mol. The van der Waals surface area contributed by atoms with Crippen molar-refractivity contribution in [3.63, 3.8) is 0 Å². The second-order valence-corrected chi connectivity index (χ2v) is 5.36. The first-order valence-corrected chi connectivity index (χ1v) is 6.70. The van der Waals surface area contributed by atoms with Crippen LogP contribution < -0.4 is 5.32 Å². The molecule has 0 aromatic heterocycles. The van der Waals surface area contributed by atoms with E-state index in [1.165, 1.54) is 13.0 Å². The molecule has 0 saturated heterocycles. The maximum absolute atomic E-state index is 9.03. The van der Waals surface area contributed by atoms with Crippen molar-refractivity contribution in [2.24, 2.45) is 11.8 Å². The van der Waals surface area contributed by atoms with E-state index in [0.29, 0.717) is 6.04 Å². The lowest BCUT2D eigenvalue weighted by Crippen LogP contribution is -2.41. The fourth-order valence-electron chi connectivity index (χ4n) is 2.27. The first kappa shape index (κ1) is 13.9. The monoisotopic (exact) mass is 228 g/mol. The molecule has 96 valence electrons. The lowest BCUT2D eigenvalue weighted by Gasteiger charge is -2.24. The fraction of sp³-hybridized carbons (Fsp3) is 1.00. The Labute approximate surface area is 100 Å². The van der Waals surface area contributed by atoms with Crippen LogP contribution in [0.25, 0.3) is 0 Å². The number of nitrogens with one attached hydrogen (secondary N) is 1. The van der Waals surface area contributed by atoms with E-state index in [0.717, 1.165) is 37.8 Å². The molecule has 0 amide bonds. The Morgan fingerprint density at radius 3 is 2.69 bits per heavy atom. The van der Waals surface area contributed by atoms with Gasteiger partial charge in [-0.3, -0.25) is 0 Å². The molecule has 0 aromatic carbocycles. The SMILES string of the molecule is CCCNC(CCO)CN(C)CC1CC1C. The van der Waals surface area contributed by atoms with Gasteiger partial charge in [0.05, 0.1) is 0 Å². The molecular weight excluding hydrogens is 200 g/mol. The molecule has 1 saturated carbocycles. The van der Waals surface area contributed by atoms with Gasteiger partial charge in [0.1, 0.15) is 0 Å². The summed E-state index contributed by atoms with van der Waals surface area (Å²) in [5, 5.41) is 12.5. The Balaban J connectivity index is 2.17. The summed E-state index contributed by atoms with van der Waals surface area (Å²) in [5.41, 5.74) is 0. The zero-order chi connectivity index (χ0) is 12.0. The first-order chi connectivity index (χ1) is 7.67. The topological polar surface area (TPSA) is 35.5 Å². The number of nitrogens with zero attached hydrogens (tertiary/aromatic N) is 1. The van der Waals surface area contributed by atoms with Gasteiger partial charge in [0.25, 0.3) is 0 Å². The molecule has 1 rings (SSSR count). The van der Waals surface area contributed by atoms with Crippen LogP contribution in [0.5, 0.6) is 0 Å². The minimum absolute atomic E-state index is 0.287. The molecule has 0 spiro atoms. The van der Waals surface area contributed by atoms with Gasteiger partial charge in [-0.1, -0.05) is 13.8 Å². The van der Waals surface area contributed by atoms with Crippen molar-refractivity contribution in [3.8, 4) is 0 Å². The second kappa shape index (κ2) is 7.25. The highest BCUT2D eigenvalue weighted by molar-refractivity contribution is 4.85. The van der Waals surface area contributed by atoms with Crippen molar-refractivity contribution in [3.05, 3.63) is 0 Å². The maximum Gasteiger partial charge on any atom is 0.0446 e. The second-order valence-electron chi connectivity index (χ2n) is 5.36. The number of hydrogen-bond donors (Lipinski definition) is 2. The van der Waals surface area contributed by atoms with Crippen molar-refractivity contribution < 1.29 is 5.11 Å². The van der Waals surface area contributed by atoms with Gasteiger partial charge in [0.2, 0.25) is 0 Å². The van der Waals surface area contributed by atoms with E-state index in [2.05, 4.69) is 31.1 Å². The average Bonchev–Trinajstić information content (AvgIpc) is 2.91.